The Bertz CT molecular complexity index is 379. The molecule has 0 aliphatic heterocycles. The van der Waals surface area contributed by atoms with Crippen molar-refractivity contribution in [3.05, 3.63) is 34.9 Å². The number of hydrogen-bond donors (Lipinski definition) is 1. The fourth-order valence-corrected chi connectivity index (χ4v) is 2.33. The lowest BCUT2D eigenvalue weighted by atomic mass is 9.95. The lowest BCUT2D eigenvalue weighted by Gasteiger charge is -2.15. The molecule has 0 spiro atoms. The van der Waals surface area contributed by atoms with E-state index in [1.165, 1.54) is 23.1 Å². The summed E-state index contributed by atoms with van der Waals surface area (Å²) >= 11 is 0. The maximum absolute atomic E-state index is 6.29. The second kappa shape index (κ2) is 3.34. The van der Waals surface area contributed by atoms with Crippen molar-refractivity contribution in [2.24, 2.45) is 17.1 Å². The second-order valence-corrected chi connectivity index (χ2v) is 5.67. The van der Waals surface area contributed by atoms with Crippen LogP contribution in [0.1, 0.15) is 43.0 Å². The summed E-state index contributed by atoms with van der Waals surface area (Å²) in [7, 11) is 0. The molecule has 0 aromatic heterocycles. The van der Waals surface area contributed by atoms with Crippen LogP contribution < -0.4 is 5.73 Å². The SMILES string of the molecule is Cc1ccc(C(N)C2CC2(C)C)cc1C. The van der Waals surface area contributed by atoms with Crippen molar-refractivity contribution in [1.82, 2.24) is 0 Å². The van der Waals surface area contributed by atoms with E-state index in [0.717, 1.165) is 0 Å². The molecule has 1 aliphatic carbocycles. The van der Waals surface area contributed by atoms with Crippen molar-refractivity contribution in [2.45, 2.75) is 40.2 Å². The number of benzene rings is 1. The average Bonchev–Trinajstić information content (AvgIpc) is 2.79. The van der Waals surface area contributed by atoms with E-state index in [2.05, 4.69) is 45.9 Å². The van der Waals surface area contributed by atoms with Gasteiger partial charge in [0.1, 0.15) is 0 Å². The van der Waals surface area contributed by atoms with Crippen molar-refractivity contribution in [3.63, 3.8) is 0 Å². The predicted molar refractivity (Wildman–Crippen MR) is 64.7 cm³/mol. The Balaban J connectivity index is 2.20. The number of nitrogens with two attached hydrogens (primary N) is 1. The molecule has 2 unspecified atom stereocenters. The number of hydrogen-bond acceptors (Lipinski definition) is 1. The summed E-state index contributed by atoms with van der Waals surface area (Å²) in [6.07, 6.45) is 1.26. The fraction of sp³-hybridized carbons (Fsp3) is 0.571. The molecule has 2 rings (SSSR count). The first-order chi connectivity index (χ1) is 6.92. The maximum Gasteiger partial charge on any atom is 0.0328 e. The number of aryl methyl sites for hydroxylation is 2. The molecule has 1 fully saturated rings. The van der Waals surface area contributed by atoms with Crippen LogP contribution in [0.15, 0.2) is 18.2 Å². The molecule has 2 atom stereocenters. The van der Waals surface area contributed by atoms with Crippen molar-refractivity contribution in [3.8, 4) is 0 Å². The van der Waals surface area contributed by atoms with Gasteiger partial charge >= 0.3 is 0 Å². The van der Waals surface area contributed by atoms with Gasteiger partial charge in [-0.15, -0.1) is 0 Å². The Morgan fingerprint density at radius 3 is 2.33 bits per heavy atom. The highest BCUT2D eigenvalue weighted by Gasteiger charge is 2.49. The summed E-state index contributed by atoms with van der Waals surface area (Å²) in [5.74, 6) is 0.666. The van der Waals surface area contributed by atoms with Crippen LogP contribution in [0.2, 0.25) is 0 Å². The van der Waals surface area contributed by atoms with E-state index in [-0.39, 0.29) is 6.04 Å². The van der Waals surface area contributed by atoms with Gasteiger partial charge < -0.3 is 5.73 Å². The van der Waals surface area contributed by atoms with Gasteiger partial charge in [-0.1, -0.05) is 32.0 Å². The highest BCUT2D eigenvalue weighted by atomic mass is 14.7. The molecule has 1 aliphatic rings. The van der Waals surface area contributed by atoms with E-state index < -0.39 is 0 Å². The fourth-order valence-electron chi connectivity index (χ4n) is 2.33. The molecule has 1 aromatic carbocycles. The average molecular weight is 203 g/mol. The zero-order chi connectivity index (χ0) is 11.2. The third-order valence-electron chi connectivity index (χ3n) is 3.94. The molecule has 15 heavy (non-hydrogen) atoms. The summed E-state index contributed by atoms with van der Waals surface area (Å²) in [6.45, 7) is 8.91. The van der Waals surface area contributed by atoms with E-state index >= 15 is 0 Å². The zero-order valence-corrected chi connectivity index (χ0v) is 10.2. The molecular weight excluding hydrogens is 182 g/mol. The Morgan fingerprint density at radius 2 is 1.87 bits per heavy atom. The summed E-state index contributed by atoms with van der Waals surface area (Å²) in [4.78, 5) is 0. The summed E-state index contributed by atoms with van der Waals surface area (Å²) < 4.78 is 0. The molecule has 0 amide bonds. The molecule has 0 bridgehead atoms. The van der Waals surface area contributed by atoms with E-state index in [9.17, 15) is 0 Å². The largest absolute Gasteiger partial charge is 0.324 e. The van der Waals surface area contributed by atoms with Gasteiger partial charge in [0.05, 0.1) is 0 Å². The highest BCUT2D eigenvalue weighted by molar-refractivity contribution is 5.32. The van der Waals surface area contributed by atoms with Crippen molar-refractivity contribution in [1.29, 1.82) is 0 Å². The summed E-state index contributed by atoms with van der Waals surface area (Å²) in [5.41, 5.74) is 10.7. The van der Waals surface area contributed by atoms with Gasteiger partial charge in [0.15, 0.2) is 0 Å². The standard InChI is InChI=1S/C14H21N/c1-9-5-6-11(7-10(9)2)13(15)12-8-14(12,3)4/h5-7,12-13H,8,15H2,1-4H3. The first-order valence-electron chi connectivity index (χ1n) is 5.74. The topological polar surface area (TPSA) is 26.0 Å². The molecule has 0 radical (unpaired) electrons. The van der Waals surface area contributed by atoms with Crippen LogP contribution >= 0.6 is 0 Å². The lowest BCUT2D eigenvalue weighted by Crippen LogP contribution is -2.15. The Morgan fingerprint density at radius 1 is 1.27 bits per heavy atom. The normalized spacial score (nSPS) is 25.0. The van der Waals surface area contributed by atoms with Crippen LogP contribution in [0.4, 0.5) is 0 Å². The van der Waals surface area contributed by atoms with Gasteiger partial charge in [-0.25, -0.2) is 0 Å². The van der Waals surface area contributed by atoms with Gasteiger partial charge in [0.25, 0.3) is 0 Å². The molecule has 0 saturated heterocycles. The minimum Gasteiger partial charge on any atom is -0.324 e. The maximum atomic E-state index is 6.29. The van der Waals surface area contributed by atoms with Gasteiger partial charge in [0.2, 0.25) is 0 Å². The molecular formula is C14H21N. The third kappa shape index (κ3) is 1.93. The van der Waals surface area contributed by atoms with Gasteiger partial charge in [0, 0.05) is 6.04 Å². The van der Waals surface area contributed by atoms with Crippen LogP contribution in [-0.2, 0) is 0 Å². The molecule has 1 aromatic rings. The van der Waals surface area contributed by atoms with E-state index in [0.29, 0.717) is 11.3 Å². The molecule has 2 N–H and O–H groups in total. The molecule has 1 heteroatoms. The van der Waals surface area contributed by atoms with Crippen molar-refractivity contribution >= 4 is 0 Å². The molecule has 82 valence electrons. The van der Waals surface area contributed by atoms with Crippen LogP contribution in [0.5, 0.6) is 0 Å². The van der Waals surface area contributed by atoms with E-state index in [1.54, 1.807) is 0 Å². The Labute approximate surface area is 92.7 Å². The minimum absolute atomic E-state index is 0.222. The van der Waals surface area contributed by atoms with Crippen LogP contribution in [0.3, 0.4) is 0 Å². The van der Waals surface area contributed by atoms with Crippen LogP contribution in [-0.4, -0.2) is 0 Å². The second-order valence-electron chi connectivity index (χ2n) is 5.67. The van der Waals surface area contributed by atoms with Crippen LogP contribution in [0, 0.1) is 25.2 Å². The number of rotatable bonds is 2. The summed E-state index contributed by atoms with van der Waals surface area (Å²) in [6, 6.07) is 6.83. The predicted octanol–water partition coefficient (Wildman–Crippen LogP) is 3.35. The third-order valence-corrected chi connectivity index (χ3v) is 3.94. The van der Waals surface area contributed by atoms with Crippen LogP contribution in [0.25, 0.3) is 0 Å². The molecule has 1 nitrogen and oxygen atoms in total. The zero-order valence-electron chi connectivity index (χ0n) is 10.2. The van der Waals surface area contributed by atoms with Crippen molar-refractivity contribution in [2.75, 3.05) is 0 Å². The first kappa shape index (κ1) is 10.7. The van der Waals surface area contributed by atoms with E-state index in [1.807, 2.05) is 0 Å². The van der Waals surface area contributed by atoms with Gasteiger partial charge in [-0.3, -0.25) is 0 Å². The molecule has 0 heterocycles. The highest BCUT2D eigenvalue weighted by Crippen LogP contribution is 2.56. The van der Waals surface area contributed by atoms with Gasteiger partial charge in [-0.2, -0.15) is 0 Å². The molecule has 1 saturated carbocycles. The minimum atomic E-state index is 0.222. The smallest absolute Gasteiger partial charge is 0.0328 e. The van der Waals surface area contributed by atoms with Gasteiger partial charge in [-0.05, 0) is 48.3 Å². The van der Waals surface area contributed by atoms with Crippen molar-refractivity contribution < 1.29 is 0 Å². The Kier molecular flexibility index (Phi) is 2.38. The van der Waals surface area contributed by atoms with E-state index in [4.69, 9.17) is 5.73 Å². The quantitative estimate of drug-likeness (QED) is 0.783. The monoisotopic (exact) mass is 203 g/mol. The Hall–Kier alpha value is -0.820. The summed E-state index contributed by atoms with van der Waals surface area (Å²) in [5, 5.41) is 0. The first-order valence-corrected chi connectivity index (χ1v) is 5.74. The lowest BCUT2D eigenvalue weighted by molar-refractivity contribution is 0.491.